The van der Waals surface area contributed by atoms with Gasteiger partial charge in [-0.25, -0.2) is 0 Å². The molecule has 2 heterocycles. The number of hydrogen-bond donors (Lipinski definition) is 0. The SMILES string of the molecule is Cc1ccnc(C(C)C)c1-n1c(F)cccc1=O. The van der Waals surface area contributed by atoms with Gasteiger partial charge in [-0.3, -0.25) is 14.3 Å². The number of aromatic nitrogens is 2. The Labute approximate surface area is 105 Å². The summed E-state index contributed by atoms with van der Waals surface area (Å²) in [5.41, 5.74) is 1.73. The van der Waals surface area contributed by atoms with E-state index in [0.29, 0.717) is 5.69 Å². The number of nitrogens with zero attached hydrogens (tertiary/aromatic N) is 2. The smallest absolute Gasteiger partial charge is 0.257 e. The number of halogens is 1. The highest BCUT2D eigenvalue weighted by molar-refractivity contribution is 5.45. The topological polar surface area (TPSA) is 34.9 Å². The summed E-state index contributed by atoms with van der Waals surface area (Å²) >= 11 is 0. The summed E-state index contributed by atoms with van der Waals surface area (Å²) in [5.74, 6) is -0.452. The number of hydrogen-bond acceptors (Lipinski definition) is 2. The van der Waals surface area contributed by atoms with Crippen LogP contribution in [0.4, 0.5) is 4.39 Å². The average molecular weight is 246 g/mol. The van der Waals surface area contributed by atoms with Crippen molar-refractivity contribution in [2.75, 3.05) is 0 Å². The van der Waals surface area contributed by atoms with Crippen LogP contribution in [0.3, 0.4) is 0 Å². The van der Waals surface area contributed by atoms with Crippen LogP contribution >= 0.6 is 0 Å². The number of pyridine rings is 2. The van der Waals surface area contributed by atoms with Gasteiger partial charge < -0.3 is 0 Å². The molecule has 0 radical (unpaired) electrons. The Bertz CT molecular complexity index is 632. The van der Waals surface area contributed by atoms with E-state index in [1.54, 1.807) is 12.3 Å². The van der Waals surface area contributed by atoms with Crippen molar-refractivity contribution < 1.29 is 4.39 Å². The lowest BCUT2D eigenvalue weighted by atomic mass is 10.0. The lowest BCUT2D eigenvalue weighted by Crippen LogP contribution is -2.22. The molecule has 0 aliphatic carbocycles. The maximum atomic E-state index is 13.9. The predicted octanol–water partition coefficient (Wildman–Crippen LogP) is 2.80. The minimum atomic E-state index is -0.569. The number of aryl methyl sites for hydroxylation is 1. The Kier molecular flexibility index (Phi) is 3.28. The van der Waals surface area contributed by atoms with E-state index >= 15 is 0 Å². The number of rotatable bonds is 2. The van der Waals surface area contributed by atoms with E-state index < -0.39 is 5.95 Å². The third kappa shape index (κ3) is 2.06. The lowest BCUT2D eigenvalue weighted by Gasteiger charge is -2.16. The molecule has 0 spiro atoms. The summed E-state index contributed by atoms with van der Waals surface area (Å²) in [5, 5.41) is 0. The summed E-state index contributed by atoms with van der Waals surface area (Å²) in [4.78, 5) is 16.1. The zero-order chi connectivity index (χ0) is 13.3. The fraction of sp³-hybridized carbons (Fsp3) is 0.286. The van der Waals surface area contributed by atoms with E-state index in [0.717, 1.165) is 15.8 Å². The van der Waals surface area contributed by atoms with Crippen LogP contribution in [0.5, 0.6) is 0 Å². The molecule has 0 saturated heterocycles. The fourth-order valence-electron chi connectivity index (χ4n) is 1.97. The third-order valence-corrected chi connectivity index (χ3v) is 2.83. The Hall–Kier alpha value is -1.97. The highest BCUT2D eigenvalue weighted by Crippen LogP contribution is 2.23. The maximum absolute atomic E-state index is 13.9. The van der Waals surface area contributed by atoms with Crippen LogP contribution in [0.15, 0.2) is 35.3 Å². The first-order chi connectivity index (χ1) is 8.52. The van der Waals surface area contributed by atoms with E-state index in [-0.39, 0.29) is 11.5 Å². The molecule has 2 aromatic rings. The van der Waals surface area contributed by atoms with Crippen LogP contribution in [0.25, 0.3) is 5.69 Å². The minimum absolute atomic E-state index is 0.117. The van der Waals surface area contributed by atoms with Gasteiger partial charge in [0.2, 0.25) is 5.95 Å². The molecular formula is C14H15FN2O. The van der Waals surface area contributed by atoms with Crippen molar-refractivity contribution in [3.8, 4) is 5.69 Å². The van der Waals surface area contributed by atoms with Gasteiger partial charge in [-0.15, -0.1) is 0 Å². The van der Waals surface area contributed by atoms with Crippen molar-refractivity contribution >= 4 is 0 Å². The minimum Gasteiger partial charge on any atom is -0.269 e. The molecule has 3 nitrogen and oxygen atoms in total. The van der Waals surface area contributed by atoms with Crippen molar-refractivity contribution in [3.05, 3.63) is 58.0 Å². The normalized spacial score (nSPS) is 10.9. The first-order valence-electron chi connectivity index (χ1n) is 5.86. The third-order valence-electron chi connectivity index (χ3n) is 2.83. The second kappa shape index (κ2) is 4.72. The molecule has 0 bridgehead atoms. The van der Waals surface area contributed by atoms with Gasteiger partial charge in [0.05, 0.1) is 11.4 Å². The Morgan fingerprint density at radius 1 is 1.28 bits per heavy atom. The van der Waals surface area contributed by atoms with Gasteiger partial charge in [0.15, 0.2) is 0 Å². The van der Waals surface area contributed by atoms with Gasteiger partial charge in [-0.1, -0.05) is 19.9 Å². The van der Waals surface area contributed by atoms with Gasteiger partial charge in [-0.2, -0.15) is 4.39 Å². The summed E-state index contributed by atoms with van der Waals surface area (Å²) in [6, 6.07) is 5.81. The van der Waals surface area contributed by atoms with Crippen molar-refractivity contribution in [3.63, 3.8) is 0 Å². The quantitative estimate of drug-likeness (QED) is 0.764. The Morgan fingerprint density at radius 2 is 2.00 bits per heavy atom. The zero-order valence-electron chi connectivity index (χ0n) is 10.6. The van der Waals surface area contributed by atoms with E-state index in [1.807, 2.05) is 20.8 Å². The van der Waals surface area contributed by atoms with Crippen LogP contribution in [-0.4, -0.2) is 9.55 Å². The van der Waals surface area contributed by atoms with Gasteiger partial charge >= 0.3 is 0 Å². The first-order valence-corrected chi connectivity index (χ1v) is 5.86. The highest BCUT2D eigenvalue weighted by Gasteiger charge is 2.16. The van der Waals surface area contributed by atoms with E-state index in [1.165, 1.54) is 18.2 Å². The van der Waals surface area contributed by atoms with Crippen molar-refractivity contribution in [2.45, 2.75) is 26.7 Å². The summed E-state index contributed by atoms with van der Waals surface area (Å²) < 4.78 is 15.0. The molecule has 2 rings (SSSR count). The van der Waals surface area contributed by atoms with Crippen molar-refractivity contribution in [1.29, 1.82) is 0 Å². The molecule has 4 heteroatoms. The summed E-state index contributed by atoms with van der Waals surface area (Å²) in [6.07, 6.45) is 1.68. The Morgan fingerprint density at radius 3 is 2.61 bits per heavy atom. The monoisotopic (exact) mass is 246 g/mol. The van der Waals surface area contributed by atoms with Gasteiger partial charge in [0.1, 0.15) is 0 Å². The van der Waals surface area contributed by atoms with Crippen molar-refractivity contribution in [2.24, 2.45) is 0 Å². The largest absolute Gasteiger partial charge is 0.269 e. The fourth-order valence-corrected chi connectivity index (χ4v) is 1.97. The molecule has 0 aliphatic rings. The molecule has 0 fully saturated rings. The van der Waals surface area contributed by atoms with Crippen LogP contribution in [0, 0.1) is 12.9 Å². The molecule has 0 saturated carbocycles. The predicted molar refractivity (Wildman–Crippen MR) is 68.6 cm³/mol. The molecular weight excluding hydrogens is 231 g/mol. The average Bonchev–Trinajstić information content (AvgIpc) is 2.30. The first kappa shape index (κ1) is 12.5. The van der Waals surface area contributed by atoms with E-state index in [4.69, 9.17) is 0 Å². The second-order valence-electron chi connectivity index (χ2n) is 4.54. The molecule has 0 aromatic carbocycles. The zero-order valence-corrected chi connectivity index (χ0v) is 10.6. The van der Waals surface area contributed by atoms with Crippen LogP contribution < -0.4 is 5.56 Å². The molecule has 0 N–H and O–H groups in total. The molecule has 18 heavy (non-hydrogen) atoms. The standard InChI is InChI=1S/C14H15FN2O/c1-9(2)13-14(10(3)7-8-16-13)17-11(15)5-4-6-12(17)18/h4-9H,1-3H3. The summed E-state index contributed by atoms with van der Waals surface area (Å²) in [6.45, 7) is 5.79. The van der Waals surface area contributed by atoms with Gasteiger partial charge in [-0.05, 0) is 30.5 Å². The molecule has 0 atom stereocenters. The molecule has 2 aromatic heterocycles. The molecule has 94 valence electrons. The van der Waals surface area contributed by atoms with Crippen molar-refractivity contribution in [1.82, 2.24) is 9.55 Å². The lowest BCUT2D eigenvalue weighted by molar-refractivity contribution is 0.539. The molecule has 0 amide bonds. The summed E-state index contributed by atoms with van der Waals surface area (Å²) in [7, 11) is 0. The molecule has 0 aliphatic heterocycles. The maximum Gasteiger partial charge on any atom is 0.257 e. The van der Waals surface area contributed by atoms with Crippen LogP contribution in [0.2, 0.25) is 0 Å². The van der Waals surface area contributed by atoms with Gasteiger partial charge in [0.25, 0.3) is 5.56 Å². The highest BCUT2D eigenvalue weighted by atomic mass is 19.1. The van der Waals surface area contributed by atoms with Gasteiger partial charge in [0, 0.05) is 12.3 Å². The molecule has 0 unspecified atom stereocenters. The van der Waals surface area contributed by atoms with Crippen LogP contribution in [0.1, 0.15) is 31.0 Å². The van der Waals surface area contributed by atoms with E-state index in [9.17, 15) is 9.18 Å². The Balaban J connectivity index is 2.83. The second-order valence-corrected chi connectivity index (χ2v) is 4.54. The van der Waals surface area contributed by atoms with Crippen LogP contribution in [-0.2, 0) is 0 Å². The van der Waals surface area contributed by atoms with E-state index in [2.05, 4.69) is 4.98 Å².